The molecule has 1 aliphatic heterocycles. The molecule has 2 unspecified atom stereocenters. The number of benzene rings is 1. The molecule has 1 saturated heterocycles. The molecule has 25 heavy (non-hydrogen) atoms. The van der Waals surface area contributed by atoms with Gasteiger partial charge in [-0.3, -0.25) is 9.59 Å². The van der Waals surface area contributed by atoms with Crippen molar-refractivity contribution in [3.8, 4) is 0 Å². The Labute approximate surface area is 149 Å². The van der Waals surface area contributed by atoms with E-state index in [0.29, 0.717) is 32.1 Å². The number of thiophene rings is 1. The number of hydrogen-bond donors (Lipinski definition) is 0. The van der Waals surface area contributed by atoms with Crippen molar-refractivity contribution in [3.05, 3.63) is 58.0 Å². The maximum Gasteiger partial charge on any atom is 0.256 e. The molecule has 4 nitrogen and oxygen atoms in total. The summed E-state index contributed by atoms with van der Waals surface area (Å²) >= 11 is 1.71. The molecule has 2 fully saturated rings. The molecule has 2 aromatic rings. The molecule has 1 aliphatic carbocycles. The minimum Gasteiger partial charge on any atom is -0.339 e. The first-order valence-electron chi connectivity index (χ1n) is 8.51. The number of carbonyl (C=O) groups is 2. The number of hydrogen-bond acceptors (Lipinski definition) is 3. The molecule has 2 atom stereocenters. The summed E-state index contributed by atoms with van der Waals surface area (Å²) in [6.07, 6.45) is 0.924. The lowest BCUT2D eigenvalue weighted by atomic mass is 10.1. The van der Waals surface area contributed by atoms with Crippen molar-refractivity contribution in [1.82, 2.24) is 9.80 Å². The standard InChI is InChI=1S/C19H19FN2O2S/c20-16-5-2-1-4-13(16)18(23)21-7-9-22(10-8-21)19(24)15-12-14(15)17-6-3-11-25-17/h1-6,11,14-15H,7-10,12H2. The van der Waals surface area contributed by atoms with Crippen molar-refractivity contribution >= 4 is 23.2 Å². The molecule has 0 radical (unpaired) electrons. The molecule has 1 aromatic carbocycles. The van der Waals surface area contributed by atoms with Crippen LogP contribution < -0.4 is 0 Å². The zero-order valence-electron chi connectivity index (χ0n) is 13.7. The predicted molar refractivity (Wildman–Crippen MR) is 94.1 cm³/mol. The first kappa shape index (κ1) is 16.3. The Balaban J connectivity index is 1.34. The summed E-state index contributed by atoms with van der Waals surface area (Å²) in [5.41, 5.74) is 0.0993. The normalized spacial score (nSPS) is 22.8. The summed E-state index contributed by atoms with van der Waals surface area (Å²) in [6.45, 7) is 1.95. The van der Waals surface area contributed by atoms with Crippen LogP contribution in [-0.4, -0.2) is 47.8 Å². The molecule has 6 heteroatoms. The molecule has 0 spiro atoms. The highest BCUT2D eigenvalue weighted by Crippen LogP contribution is 2.50. The Bertz CT molecular complexity index is 784. The molecule has 2 amide bonds. The van der Waals surface area contributed by atoms with Crippen LogP contribution in [0.3, 0.4) is 0 Å². The molecular weight excluding hydrogens is 339 g/mol. The third-order valence-corrected chi connectivity index (χ3v) is 6.00. The summed E-state index contributed by atoms with van der Waals surface area (Å²) in [4.78, 5) is 29.8. The quantitative estimate of drug-likeness (QED) is 0.846. The van der Waals surface area contributed by atoms with E-state index < -0.39 is 5.82 Å². The van der Waals surface area contributed by atoms with E-state index in [1.165, 1.54) is 17.0 Å². The number of rotatable bonds is 3. The monoisotopic (exact) mass is 358 g/mol. The maximum atomic E-state index is 13.8. The summed E-state index contributed by atoms with van der Waals surface area (Å²) in [6, 6.07) is 10.1. The largest absolute Gasteiger partial charge is 0.339 e. The topological polar surface area (TPSA) is 40.6 Å². The molecule has 0 N–H and O–H groups in total. The van der Waals surface area contributed by atoms with Crippen molar-refractivity contribution in [2.45, 2.75) is 12.3 Å². The summed E-state index contributed by atoms with van der Waals surface area (Å²) in [7, 11) is 0. The Morgan fingerprint density at radius 1 is 1.00 bits per heavy atom. The van der Waals surface area contributed by atoms with Crippen LogP contribution in [0.1, 0.15) is 27.6 Å². The minimum atomic E-state index is -0.497. The van der Waals surface area contributed by atoms with Crippen molar-refractivity contribution in [3.63, 3.8) is 0 Å². The highest BCUT2D eigenvalue weighted by atomic mass is 32.1. The van der Waals surface area contributed by atoms with Crippen LogP contribution in [0, 0.1) is 11.7 Å². The number of carbonyl (C=O) groups excluding carboxylic acids is 2. The minimum absolute atomic E-state index is 0.0902. The first-order valence-corrected chi connectivity index (χ1v) is 9.39. The lowest BCUT2D eigenvalue weighted by Gasteiger charge is -2.35. The second kappa shape index (κ2) is 6.59. The highest BCUT2D eigenvalue weighted by molar-refractivity contribution is 7.10. The van der Waals surface area contributed by atoms with Crippen LogP contribution in [0.15, 0.2) is 41.8 Å². The fourth-order valence-corrected chi connectivity index (χ4v) is 4.36. The van der Waals surface area contributed by atoms with Crippen molar-refractivity contribution in [2.75, 3.05) is 26.2 Å². The van der Waals surface area contributed by atoms with E-state index >= 15 is 0 Å². The van der Waals surface area contributed by atoms with E-state index in [4.69, 9.17) is 0 Å². The Hall–Kier alpha value is -2.21. The van der Waals surface area contributed by atoms with Gasteiger partial charge in [0.25, 0.3) is 5.91 Å². The zero-order valence-corrected chi connectivity index (χ0v) is 14.5. The smallest absolute Gasteiger partial charge is 0.256 e. The van der Waals surface area contributed by atoms with Crippen molar-refractivity contribution < 1.29 is 14.0 Å². The average molecular weight is 358 g/mol. The molecule has 1 saturated carbocycles. The van der Waals surface area contributed by atoms with Gasteiger partial charge in [-0.25, -0.2) is 4.39 Å². The van der Waals surface area contributed by atoms with E-state index in [1.807, 2.05) is 16.3 Å². The maximum absolute atomic E-state index is 13.8. The van der Waals surface area contributed by atoms with Crippen molar-refractivity contribution in [2.24, 2.45) is 5.92 Å². The molecule has 4 rings (SSSR count). The van der Waals surface area contributed by atoms with Gasteiger partial charge in [-0.05, 0) is 30.0 Å². The Morgan fingerprint density at radius 3 is 2.40 bits per heavy atom. The van der Waals surface area contributed by atoms with Gasteiger partial charge >= 0.3 is 0 Å². The van der Waals surface area contributed by atoms with Gasteiger partial charge in [0.05, 0.1) is 5.56 Å². The molecular formula is C19H19FN2O2S. The Kier molecular flexibility index (Phi) is 4.29. The molecule has 130 valence electrons. The van der Waals surface area contributed by atoms with Gasteiger partial charge in [-0.2, -0.15) is 0 Å². The third kappa shape index (κ3) is 3.18. The number of amides is 2. The van der Waals surface area contributed by atoms with Crippen LogP contribution >= 0.6 is 11.3 Å². The van der Waals surface area contributed by atoms with Gasteiger partial charge in [-0.15, -0.1) is 11.3 Å². The number of nitrogens with zero attached hydrogens (tertiary/aromatic N) is 2. The van der Waals surface area contributed by atoms with Gasteiger partial charge < -0.3 is 9.80 Å². The molecule has 1 aromatic heterocycles. The van der Waals surface area contributed by atoms with Gasteiger partial charge in [0.2, 0.25) is 5.91 Å². The summed E-state index contributed by atoms with van der Waals surface area (Å²) in [5, 5.41) is 2.04. The molecule has 0 bridgehead atoms. The fraction of sp³-hybridized carbons (Fsp3) is 0.368. The average Bonchev–Trinajstić information content (AvgIpc) is 3.25. The summed E-state index contributed by atoms with van der Waals surface area (Å²) in [5.74, 6) is -0.148. The lowest BCUT2D eigenvalue weighted by Crippen LogP contribution is -2.51. The van der Waals surface area contributed by atoms with Gasteiger partial charge in [-0.1, -0.05) is 18.2 Å². The van der Waals surface area contributed by atoms with Crippen LogP contribution in [0.2, 0.25) is 0 Å². The predicted octanol–water partition coefficient (Wildman–Crippen LogP) is 2.98. The highest BCUT2D eigenvalue weighted by Gasteiger charge is 2.46. The van der Waals surface area contributed by atoms with E-state index in [1.54, 1.807) is 28.4 Å². The van der Waals surface area contributed by atoms with E-state index in [2.05, 4.69) is 6.07 Å². The SMILES string of the molecule is O=C(c1ccccc1F)N1CCN(C(=O)C2CC2c2cccs2)CC1. The van der Waals surface area contributed by atoms with Gasteiger partial charge in [0, 0.05) is 42.9 Å². The van der Waals surface area contributed by atoms with Gasteiger partial charge in [0.15, 0.2) is 0 Å². The number of halogens is 1. The van der Waals surface area contributed by atoms with Crippen LogP contribution in [0.25, 0.3) is 0 Å². The van der Waals surface area contributed by atoms with E-state index in [0.717, 1.165) is 6.42 Å². The fourth-order valence-electron chi connectivity index (χ4n) is 3.45. The van der Waals surface area contributed by atoms with E-state index in [9.17, 15) is 14.0 Å². The van der Waals surface area contributed by atoms with Crippen molar-refractivity contribution in [1.29, 1.82) is 0 Å². The van der Waals surface area contributed by atoms with Crippen LogP contribution in [0.4, 0.5) is 4.39 Å². The van der Waals surface area contributed by atoms with Gasteiger partial charge in [0.1, 0.15) is 5.82 Å². The second-order valence-electron chi connectivity index (χ2n) is 6.56. The lowest BCUT2D eigenvalue weighted by molar-refractivity contribution is -0.134. The second-order valence-corrected chi connectivity index (χ2v) is 7.54. The summed E-state index contributed by atoms with van der Waals surface area (Å²) < 4.78 is 13.8. The third-order valence-electron chi connectivity index (χ3n) is 5.00. The van der Waals surface area contributed by atoms with E-state index in [-0.39, 0.29) is 23.3 Å². The van der Waals surface area contributed by atoms with Crippen LogP contribution in [0.5, 0.6) is 0 Å². The first-order chi connectivity index (χ1) is 12.1. The number of piperazine rings is 1. The zero-order chi connectivity index (χ0) is 17.4. The Morgan fingerprint density at radius 2 is 1.72 bits per heavy atom. The molecule has 2 heterocycles. The molecule has 2 aliphatic rings. The van der Waals surface area contributed by atoms with Crippen LogP contribution in [-0.2, 0) is 4.79 Å².